The minimum absolute atomic E-state index is 0.344. The molecule has 88 valence electrons. The van der Waals surface area contributed by atoms with Gasteiger partial charge in [0.15, 0.2) is 0 Å². The Morgan fingerprint density at radius 2 is 2.27 bits per heavy atom. The van der Waals surface area contributed by atoms with Gasteiger partial charge in [-0.3, -0.25) is 4.90 Å². The molecule has 2 aliphatic rings. The summed E-state index contributed by atoms with van der Waals surface area (Å²) in [5, 5.41) is 10.5. The zero-order chi connectivity index (χ0) is 10.9. The number of likely N-dealkylation sites (tertiary alicyclic amines) is 1. The summed E-state index contributed by atoms with van der Waals surface area (Å²) < 4.78 is 0. The normalized spacial score (nSPS) is 39.8. The highest BCUT2D eigenvalue weighted by Gasteiger charge is 2.43. The molecule has 3 unspecified atom stereocenters. The molecule has 15 heavy (non-hydrogen) atoms. The largest absolute Gasteiger partial charge is 0.390 e. The summed E-state index contributed by atoms with van der Waals surface area (Å²) in [6.45, 7) is 4.98. The Bertz CT molecular complexity index is 222. The first-order chi connectivity index (χ1) is 7.15. The lowest BCUT2D eigenvalue weighted by Gasteiger charge is -2.48. The van der Waals surface area contributed by atoms with Gasteiger partial charge in [0, 0.05) is 31.6 Å². The first-order valence-corrected chi connectivity index (χ1v) is 6.32. The van der Waals surface area contributed by atoms with Crippen LogP contribution in [0.15, 0.2) is 0 Å². The number of nitrogens with two attached hydrogens (primary N) is 1. The molecule has 1 aliphatic carbocycles. The van der Waals surface area contributed by atoms with Crippen molar-refractivity contribution in [3.8, 4) is 0 Å². The van der Waals surface area contributed by atoms with E-state index in [-0.39, 0.29) is 5.60 Å². The van der Waals surface area contributed by atoms with Crippen LogP contribution in [0.1, 0.15) is 39.0 Å². The molecule has 1 saturated heterocycles. The Hall–Kier alpha value is -0.120. The van der Waals surface area contributed by atoms with Crippen LogP contribution in [-0.2, 0) is 0 Å². The van der Waals surface area contributed by atoms with Crippen LogP contribution >= 0.6 is 0 Å². The van der Waals surface area contributed by atoms with Gasteiger partial charge >= 0.3 is 0 Å². The second-order valence-corrected chi connectivity index (χ2v) is 5.38. The van der Waals surface area contributed by atoms with Crippen molar-refractivity contribution in [1.29, 1.82) is 0 Å². The van der Waals surface area contributed by atoms with Crippen molar-refractivity contribution in [2.75, 3.05) is 19.6 Å². The highest BCUT2D eigenvalue weighted by atomic mass is 16.3. The van der Waals surface area contributed by atoms with Crippen molar-refractivity contribution in [1.82, 2.24) is 4.90 Å². The van der Waals surface area contributed by atoms with Gasteiger partial charge in [-0.2, -0.15) is 0 Å². The highest BCUT2D eigenvalue weighted by molar-refractivity contribution is 4.96. The van der Waals surface area contributed by atoms with Gasteiger partial charge in [0.05, 0.1) is 5.60 Å². The Labute approximate surface area is 92.6 Å². The highest BCUT2D eigenvalue weighted by Crippen LogP contribution is 2.39. The average molecular weight is 212 g/mol. The number of rotatable bonds is 2. The SMILES string of the molecule is CC(CN)N1CCC2(O)CCCCC2C1. The fourth-order valence-electron chi connectivity index (χ4n) is 3.15. The first kappa shape index (κ1) is 11.4. The molecule has 0 radical (unpaired) electrons. The molecular formula is C12H24N2O. The summed E-state index contributed by atoms with van der Waals surface area (Å²) in [6.07, 6.45) is 5.66. The Balaban J connectivity index is 1.98. The standard InChI is InChI=1S/C12H24N2O/c1-10(8-13)14-7-6-12(15)5-3-2-4-11(12)9-14/h10-11,15H,2-9,13H2,1H3. The van der Waals surface area contributed by atoms with Crippen LogP contribution in [0, 0.1) is 5.92 Å². The predicted octanol–water partition coefficient (Wildman–Crippen LogP) is 0.961. The molecule has 0 bridgehead atoms. The van der Waals surface area contributed by atoms with Gasteiger partial charge in [0.1, 0.15) is 0 Å². The van der Waals surface area contributed by atoms with E-state index in [0.717, 1.165) is 32.5 Å². The summed E-state index contributed by atoms with van der Waals surface area (Å²) in [6, 6.07) is 0.469. The summed E-state index contributed by atoms with van der Waals surface area (Å²) in [4.78, 5) is 2.45. The maximum absolute atomic E-state index is 10.5. The molecule has 0 aromatic heterocycles. The van der Waals surface area contributed by atoms with Crippen molar-refractivity contribution >= 4 is 0 Å². The molecule has 1 heterocycles. The summed E-state index contributed by atoms with van der Waals surface area (Å²) >= 11 is 0. The third-order valence-electron chi connectivity index (χ3n) is 4.42. The molecule has 1 saturated carbocycles. The maximum atomic E-state index is 10.5. The van der Waals surface area contributed by atoms with Crippen LogP contribution in [0.3, 0.4) is 0 Å². The average Bonchev–Trinajstić information content (AvgIpc) is 2.26. The third kappa shape index (κ3) is 2.19. The minimum atomic E-state index is -0.344. The third-order valence-corrected chi connectivity index (χ3v) is 4.42. The van der Waals surface area contributed by atoms with Gasteiger partial charge in [-0.15, -0.1) is 0 Å². The zero-order valence-electron chi connectivity index (χ0n) is 9.78. The fraction of sp³-hybridized carbons (Fsp3) is 1.00. The van der Waals surface area contributed by atoms with E-state index in [1.807, 2.05) is 0 Å². The molecule has 2 fully saturated rings. The van der Waals surface area contributed by atoms with Crippen LogP contribution in [0.4, 0.5) is 0 Å². The van der Waals surface area contributed by atoms with Crippen LogP contribution in [0.5, 0.6) is 0 Å². The number of hydrogen-bond acceptors (Lipinski definition) is 3. The predicted molar refractivity (Wildman–Crippen MR) is 61.6 cm³/mol. The lowest BCUT2D eigenvalue weighted by Crippen LogP contribution is -2.56. The van der Waals surface area contributed by atoms with E-state index in [9.17, 15) is 5.11 Å². The van der Waals surface area contributed by atoms with E-state index in [1.165, 1.54) is 19.3 Å². The van der Waals surface area contributed by atoms with Gasteiger partial charge in [0.2, 0.25) is 0 Å². The van der Waals surface area contributed by atoms with Crippen molar-refractivity contribution in [3.05, 3.63) is 0 Å². The zero-order valence-corrected chi connectivity index (χ0v) is 9.78. The van der Waals surface area contributed by atoms with Crippen molar-refractivity contribution in [2.45, 2.75) is 50.7 Å². The topological polar surface area (TPSA) is 49.5 Å². The summed E-state index contributed by atoms with van der Waals surface area (Å²) in [5.74, 6) is 0.494. The molecule has 1 aliphatic heterocycles. The van der Waals surface area contributed by atoms with Crippen molar-refractivity contribution in [3.63, 3.8) is 0 Å². The molecule has 3 nitrogen and oxygen atoms in total. The van der Waals surface area contributed by atoms with Gasteiger partial charge in [-0.25, -0.2) is 0 Å². The fourth-order valence-corrected chi connectivity index (χ4v) is 3.15. The number of fused-ring (bicyclic) bond motifs is 1. The van der Waals surface area contributed by atoms with Gasteiger partial charge in [0.25, 0.3) is 0 Å². The summed E-state index contributed by atoms with van der Waals surface area (Å²) in [5.41, 5.74) is 5.36. The molecule has 3 heteroatoms. The number of nitrogens with zero attached hydrogens (tertiary/aromatic N) is 1. The van der Waals surface area contributed by atoms with E-state index >= 15 is 0 Å². The van der Waals surface area contributed by atoms with E-state index in [2.05, 4.69) is 11.8 Å². The van der Waals surface area contributed by atoms with E-state index in [4.69, 9.17) is 5.73 Å². The minimum Gasteiger partial charge on any atom is -0.390 e. The van der Waals surface area contributed by atoms with Crippen molar-refractivity contribution < 1.29 is 5.11 Å². The molecule has 0 aromatic carbocycles. The first-order valence-electron chi connectivity index (χ1n) is 6.32. The summed E-state index contributed by atoms with van der Waals surface area (Å²) in [7, 11) is 0. The number of hydrogen-bond donors (Lipinski definition) is 2. The Kier molecular flexibility index (Phi) is 3.33. The molecule has 0 spiro atoms. The van der Waals surface area contributed by atoms with Gasteiger partial charge in [-0.1, -0.05) is 12.8 Å². The number of aliphatic hydroxyl groups is 1. The smallest absolute Gasteiger partial charge is 0.0700 e. The Morgan fingerprint density at radius 1 is 1.47 bits per heavy atom. The van der Waals surface area contributed by atoms with Crippen LogP contribution in [0.25, 0.3) is 0 Å². The van der Waals surface area contributed by atoms with E-state index in [0.29, 0.717) is 12.0 Å². The van der Waals surface area contributed by atoms with Crippen LogP contribution in [0.2, 0.25) is 0 Å². The molecule has 2 rings (SSSR count). The number of piperidine rings is 1. The second kappa shape index (κ2) is 4.40. The van der Waals surface area contributed by atoms with E-state index < -0.39 is 0 Å². The van der Waals surface area contributed by atoms with Crippen LogP contribution in [-0.4, -0.2) is 41.3 Å². The van der Waals surface area contributed by atoms with Gasteiger partial charge in [-0.05, 0) is 26.2 Å². The van der Waals surface area contributed by atoms with Crippen molar-refractivity contribution in [2.24, 2.45) is 11.7 Å². The van der Waals surface area contributed by atoms with Gasteiger partial charge < -0.3 is 10.8 Å². The monoisotopic (exact) mass is 212 g/mol. The maximum Gasteiger partial charge on any atom is 0.0700 e. The lowest BCUT2D eigenvalue weighted by molar-refractivity contribution is -0.101. The molecule has 0 amide bonds. The molecule has 0 aromatic rings. The van der Waals surface area contributed by atoms with Crippen LogP contribution < -0.4 is 5.73 Å². The van der Waals surface area contributed by atoms with E-state index in [1.54, 1.807) is 0 Å². The Morgan fingerprint density at radius 3 is 3.00 bits per heavy atom. The lowest BCUT2D eigenvalue weighted by atomic mass is 9.71. The second-order valence-electron chi connectivity index (χ2n) is 5.38. The molecule has 3 N–H and O–H groups in total. The molecule has 3 atom stereocenters. The molecular weight excluding hydrogens is 188 g/mol. The quantitative estimate of drug-likeness (QED) is 0.717.